The second kappa shape index (κ2) is 14.6. The summed E-state index contributed by atoms with van der Waals surface area (Å²) in [5.74, 6) is -1.17. The third-order valence-electron chi connectivity index (χ3n) is 4.64. The van der Waals surface area contributed by atoms with Crippen molar-refractivity contribution in [2.45, 2.75) is 58.4 Å². The normalized spacial score (nSPS) is 16.5. The monoisotopic (exact) mass is 461 g/mol. The van der Waals surface area contributed by atoms with Gasteiger partial charge in [-0.2, -0.15) is 0 Å². The van der Waals surface area contributed by atoms with Crippen LogP contribution in [0.15, 0.2) is 0 Å². The summed E-state index contributed by atoms with van der Waals surface area (Å²) in [5, 5.41) is 11.5. The van der Waals surface area contributed by atoms with Crippen LogP contribution in [0, 0.1) is 16.0 Å². The second-order valence-corrected chi connectivity index (χ2v) is 8.31. The number of carbonyl (C=O) groups is 4. The van der Waals surface area contributed by atoms with Crippen molar-refractivity contribution in [3.63, 3.8) is 0 Å². The number of unbranched alkanes of at least 4 members (excludes halogenated alkanes) is 1. The van der Waals surface area contributed by atoms with Gasteiger partial charge in [0.15, 0.2) is 0 Å². The highest BCUT2D eigenvalue weighted by Crippen LogP contribution is 2.22. The highest BCUT2D eigenvalue weighted by Gasteiger charge is 2.37. The largest absolute Gasteiger partial charge is 0.464 e. The molecule has 1 N–H and O–H groups in total. The van der Waals surface area contributed by atoms with Gasteiger partial charge in [-0.25, -0.2) is 4.79 Å². The van der Waals surface area contributed by atoms with Crippen LogP contribution in [0.25, 0.3) is 0 Å². The summed E-state index contributed by atoms with van der Waals surface area (Å²) in [7, 11) is 0. The summed E-state index contributed by atoms with van der Waals surface area (Å²) in [6.07, 6.45) is 3.38. The van der Waals surface area contributed by atoms with Crippen molar-refractivity contribution < 1.29 is 33.8 Å². The molecule has 0 spiro atoms. The molecule has 2 amide bonds. The Kier molecular flexibility index (Phi) is 12.6. The van der Waals surface area contributed by atoms with Crippen LogP contribution in [0.2, 0.25) is 0 Å². The fourth-order valence-corrected chi connectivity index (χ4v) is 3.72. The average molecular weight is 462 g/mol. The minimum Gasteiger partial charge on any atom is -0.464 e. The Bertz CT molecular complexity index is 646. The highest BCUT2D eigenvalue weighted by molar-refractivity contribution is 8.13. The molecule has 2 atom stereocenters. The summed E-state index contributed by atoms with van der Waals surface area (Å²) in [6, 6.07) is -0.690. The summed E-state index contributed by atoms with van der Waals surface area (Å²) < 4.78 is 5.11. The van der Waals surface area contributed by atoms with Crippen molar-refractivity contribution in [2.24, 2.45) is 5.92 Å². The van der Waals surface area contributed by atoms with Crippen LogP contribution in [-0.4, -0.2) is 71.0 Å². The fraction of sp³-hybridized carbons (Fsp3) is 0.789. The van der Waals surface area contributed by atoms with Gasteiger partial charge in [-0.3, -0.25) is 14.4 Å². The molecule has 1 aliphatic heterocycles. The van der Waals surface area contributed by atoms with E-state index in [1.165, 1.54) is 4.90 Å². The van der Waals surface area contributed by atoms with Gasteiger partial charge in [0, 0.05) is 31.1 Å². The molecule has 1 heterocycles. The number of rotatable bonds is 14. The lowest BCUT2D eigenvalue weighted by Gasteiger charge is -2.26. The standard InChI is InChI=1S/C19H31N3O8S/c1-3-4-8-16(23)20-12-17(24)31-13-14(2)18(25)21-9-5-7-15(21)19(26)29-10-6-11-30-22(27)28/h14-15H,3-13H2,1-2H3,(H,20,23)/t14-,15+/m1/s1. The number of hydrogen-bond acceptors (Lipinski definition) is 9. The van der Waals surface area contributed by atoms with Crippen LogP contribution >= 0.6 is 11.8 Å². The predicted octanol–water partition coefficient (Wildman–Crippen LogP) is 1.32. The first-order valence-electron chi connectivity index (χ1n) is 10.4. The van der Waals surface area contributed by atoms with Gasteiger partial charge in [-0.15, -0.1) is 10.1 Å². The van der Waals surface area contributed by atoms with E-state index in [0.29, 0.717) is 25.8 Å². The van der Waals surface area contributed by atoms with Crippen LogP contribution in [0.3, 0.4) is 0 Å². The number of thioether (sulfide) groups is 1. The van der Waals surface area contributed by atoms with E-state index in [0.717, 1.165) is 24.6 Å². The molecule has 1 saturated heterocycles. The van der Waals surface area contributed by atoms with Crippen LogP contribution in [-0.2, 0) is 28.8 Å². The van der Waals surface area contributed by atoms with Crippen LogP contribution in [0.4, 0.5) is 0 Å². The molecule has 0 aliphatic carbocycles. The number of carbonyl (C=O) groups excluding carboxylic acids is 4. The highest BCUT2D eigenvalue weighted by atomic mass is 32.2. The first-order valence-corrected chi connectivity index (χ1v) is 11.4. The first kappa shape index (κ1) is 26.7. The minimum atomic E-state index is -0.913. The second-order valence-electron chi connectivity index (χ2n) is 7.23. The van der Waals surface area contributed by atoms with Gasteiger partial charge in [0.05, 0.1) is 19.8 Å². The van der Waals surface area contributed by atoms with Crippen molar-refractivity contribution in [1.29, 1.82) is 0 Å². The number of ether oxygens (including phenoxy) is 1. The molecule has 11 nitrogen and oxygen atoms in total. The number of nitrogens with zero attached hydrogens (tertiary/aromatic N) is 2. The Morgan fingerprint density at radius 3 is 2.68 bits per heavy atom. The van der Waals surface area contributed by atoms with Crippen molar-refractivity contribution in [3.8, 4) is 0 Å². The molecule has 0 bridgehead atoms. The molecule has 31 heavy (non-hydrogen) atoms. The Morgan fingerprint density at radius 2 is 2.00 bits per heavy atom. The van der Waals surface area contributed by atoms with Crippen molar-refractivity contribution in [1.82, 2.24) is 10.2 Å². The maximum absolute atomic E-state index is 12.7. The number of esters is 1. The Hall–Kier alpha value is -2.37. The molecule has 0 aromatic carbocycles. The van der Waals surface area contributed by atoms with Gasteiger partial charge in [0.2, 0.25) is 16.9 Å². The molecule has 0 aromatic rings. The first-order chi connectivity index (χ1) is 14.8. The molecule has 0 unspecified atom stereocenters. The topological polar surface area (TPSA) is 145 Å². The summed E-state index contributed by atoms with van der Waals surface area (Å²) >= 11 is 0.983. The summed E-state index contributed by atoms with van der Waals surface area (Å²) in [4.78, 5) is 64.2. The Labute approximate surface area is 185 Å². The lowest BCUT2D eigenvalue weighted by molar-refractivity contribution is -0.757. The molecular weight excluding hydrogens is 430 g/mol. The zero-order valence-corrected chi connectivity index (χ0v) is 18.8. The van der Waals surface area contributed by atoms with Gasteiger partial charge in [0.25, 0.3) is 5.09 Å². The van der Waals surface area contributed by atoms with Crippen LogP contribution in [0.1, 0.15) is 52.4 Å². The van der Waals surface area contributed by atoms with E-state index >= 15 is 0 Å². The Morgan fingerprint density at radius 1 is 1.26 bits per heavy atom. The SMILES string of the molecule is CCCCC(=O)NCC(=O)SC[C@@H](C)C(=O)N1CCC[C@H]1C(=O)OCCCO[N+](=O)[O-]. The van der Waals surface area contributed by atoms with Crippen molar-refractivity contribution >= 4 is 34.7 Å². The van der Waals surface area contributed by atoms with E-state index in [9.17, 15) is 29.3 Å². The van der Waals surface area contributed by atoms with E-state index in [2.05, 4.69) is 10.2 Å². The zero-order valence-electron chi connectivity index (χ0n) is 18.0. The molecular formula is C19H31N3O8S. The molecule has 0 radical (unpaired) electrons. The third-order valence-corrected chi connectivity index (χ3v) is 5.77. The maximum Gasteiger partial charge on any atom is 0.328 e. The van der Waals surface area contributed by atoms with E-state index in [4.69, 9.17) is 4.74 Å². The van der Waals surface area contributed by atoms with Crippen LogP contribution < -0.4 is 5.32 Å². The number of nitrogens with one attached hydrogen (secondary N) is 1. The van der Waals surface area contributed by atoms with Crippen molar-refractivity contribution in [3.05, 3.63) is 10.1 Å². The third kappa shape index (κ3) is 10.5. The number of hydrogen-bond donors (Lipinski definition) is 1. The maximum atomic E-state index is 12.7. The fourth-order valence-electron chi connectivity index (χ4n) is 2.96. The smallest absolute Gasteiger partial charge is 0.328 e. The van der Waals surface area contributed by atoms with E-state index in [-0.39, 0.29) is 48.9 Å². The minimum absolute atomic E-state index is 0.0327. The summed E-state index contributed by atoms with van der Waals surface area (Å²) in [5.41, 5.74) is 0. The zero-order chi connectivity index (χ0) is 23.2. The lowest BCUT2D eigenvalue weighted by Crippen LogP contribution is -2.44. The van der Waals surface area contributed by atoms with E-state index in [1.807, 2.05) is 6.92 Å². The number of likely N-dealkylation sites (tertiary alicyclic amines) is 1. The molecule has 0 aromatic heterocycles. The Balaban J connectivity index is 2.37. The average Bonchev–Trinajstić information content (AvgIpc) is 3.23. The number of amides is 2. The van der Waals surface area contributed by atoms with Gasteiger partial charge < -0.3 is 19.8 Å². The van der Waals surface area contributed by atoms with Gasteiger partial charge >= 0.3 is 5.97 Å². The molecule has 176 valence electrons. The van der Waals surface area contributed by atoms with Crippen LogP contribution in [0.5, 0.6) is 0 Å². The van der Waals surface area contributed by atoms with E-state index < -0.39 is 23.0 Å². The molecule has 12 heteroatoms. The molecule has 0 saturated carbocycles. The lowest BCUT2D eigenvalue weighted by atomic mass is 10.1. The van der Waals surface area contributed by atoms with Gasteiger partial charge in [-0.05, 0) is 19.3 Å². The van der Waals surface area contributed by atoms with Gasteiger partial charge in [0.1, 0.15) is 6.04 Å². The molecule has 1 rings (SSSR count). The molecule has 1 aliphatic rings. The predicted molar refractivity (Wildman–Crippen MR) is 112 cm³/mol. The quantitative estimate of drug-likeness (QED) is 0.175. The summed E-state index contributed by atoms with van der Waals surface area (Å²) in [6.45, 7) is 3.82. The van der Waals surface area contributed by atoms with E-state index in [1.54, 1.807) is 6.92 Å². The van der Waals surface area contributed by atoms with Gasteiger partial charge in [-0.1, -0.05) is 32.0 Å². The van der Waals surface area contributed by atoms with Crippen molar-refractivity contribution in [2.75, 3.05) is 32.1 Å². The molecule has 1 fully saturated rings.